The fourth-order valence-corrected chi connectivity index (χ4v) is 2.46. The van der Waals surface area contributed by atoms with Crippen LogP contribution in [0.1, 0.15) is 0 Å². The van der Waals surface area contributed by atoms with E-state index in [1.54, 1.807) is 0 Å². The summed E-state index contributed by atoms with van der Waals surface area (Å²) in [5.74, 6) is 1.82. The first kappa shape index (κ1) is 13.3. The second-order valence-electron chi connectivity index (χ2n) is 4.29. The van der Waals surface area contributed by atoms with E-state index < -0.39 is 0 Å². The third-order valence-electron chi connectivity index (χ3n) is 3.23. The second-order valence-corrected chi connectivity index (χ2v) is 4.29. The Morgan fingerprint density at radius 2 is 1.68 bits per heavy atom. The number of benzene rings is 2. The zero-order chi connectivity index (χ0) is 13.4. The molecule has 2 heterocycles. The molecule has 0 aromatic heterocycles. The van der Waals surface area contributed by atoms with Crippen molar-refractivity contribution < 1.29 is 22.0 Å². The topological polar surface area (TPSA) is 15.7 Å². The van der Waals surface area contributed by atoms with Crippen molar-refractivity contribution in [2.24, 2.45) is 0 Å². The SMILES string of the molecule is CN1[CH-]N2c3ccccc3Oc3cccc1c32.[Ag][I]. The average molecular weight is 458 g/mol. The molecule has 0 atom stereocenters. The van der Waals surface area contributed by atoms with Gasteiger partial charge in [-0.2, -0.15) is 0 Å². The van der Waals surface area contributed by atoms with E-state index in [4.69, 9.17) is 4.74 Å². The summed E-state index contributed by atoms with van der Waals surface area (Å²) in [7, 11) is 2.05. The summed E-state index contributed by atoms with van der Waals surface area (Å²) in [5, 5.41) is 0. The van der Waals surface area contributed by atoms with Crippen LogP contribution >= 0.6 is 19.0 Å². The van der Waals surface area contributed by atoms with Gasteiger partial charge in [0.1, 0.15) is 5.75 Å². The third kappa shape index (κ3) is 2.07. The molecule has 0 radical (unpaired) electrons. The van der Waals surface area contributed by atoms with Crippen LogP contribution in [-0.2, 0) is 17.3 Å². The molecule has 19 heavy (non-hydrogen) atoms. The predicted octanol–water partition coefficient (Wildman–Crippen LogP) is 4.38. The first-order valence-corrected chi connectivity index (χ1v) is 10.1. The van der Waals surface area contributed by atoms with E-state index in [1.807, 2.05) is 49.4 Å². The maximum atomic E-state index is 5.93. The molecule has 0 fully saturated rings. The van der Waals surface area contributed by atoms with Crippen LogP contribution in [0.4, 0.5) is 17.1 Å². The van der Waals surface area contributed by atoms with Crippen LogP contribution in [0.2, 0.25) is 0 Å². The molecule has 2 aliphatic rings. The first-order chi connectivity index (χ1) is 9.34. The Labute approximate surface area is 135 Å². The molecule has 0 N–H and O–H groups in total. The van der Waals surface area contributed by atoms with Gasteiger partial charge in [-0.1, -0.05) is 18.2 Å². The van der Waals surface area contributed by atoms with E-state index in [0.29, 0.717) is 0 Å². The number of fused-ring (bicyclic) bond motifs is 2. The summed E-state index contributed by atoms with van der Waals surface area (Å²) >= 11 is 4.88. The van der Waals surface area contributed by atoms with Crippen LogP contribution in [0.25, 0.3) is 0 Å². The molecule has 2 aromatic carbocycles. The fraction of sp³-hybridized carbons (Fsp3) is 0.0714. The van der Waals surface area contributed by atoms with Gasteiger partial charge in [0.25, 0.3) is 0 Å². The minimum absolute atomic E-state index is 0.906. The van der Waals surface area contributed by atoms with Gasteiger partial charge in [-0.3, -0.25) is 0 Å². The summed E-state index contributed by atoms with van der Waals surface area (Å²) in [6.07, 6.45) is 0. The van der Waals surface area contributed by atoms with Gasteiger partial charge < -0.3 is 14.5 Å². The molecule has 2 aromatic rings. The van der Waals surface area contributed by atoms with Crippen LogP contribution in [0.3, 0.4) is 0 Å². The van der Waals surface area contributed by atoms with Crippen molar-refractivity contribution >= 4 is 36.1 Å². The van der Waals surface area contributed by atoms with Gasteiger partial charge in [0.05, 0.1) is 11.4 Å². The summed E-state index contributed by atoms with van der Waals surface area (Å²) in [5.41, 5.74) is 3.41. The number of rotatable bonds is 0. The number of halogens is 1. The molecule has 5 heteroatoms. The molecule has 0 saturated heterocycles. The van der Waals surface area contributed by atoms with Crippen LogP contribution in [0.5, 0.6) is 11.5 Å². The average Bonchev–Trinajstić information content (AvgIpc) is 2.81. The van der Waals surface area contributed by atoms with Crippen molar-refractivity contribution in [1.29, 1.82) is 0 Å². The summed E-state index contributed by atoms with van der Waals surface area (Å²) < 4.78 is 5.93. The molecule has 0 unspecified atom stereocenters. The van der Waals surface area contributed by atoms with Gasteiger partial charge in [0.15, 0.2) is 5.75 Å². The van der Waals surface area contributed by atoms with Crippen molar-refractivity contribution in [3.05, 3.63) is 49.1 Å². The zero-order valence-electron chi connectivity index (χ0n) is 10.1. The summed E-state index contributed by atoms with van der Waals surface area (Å²) in [4.78, 5) is 4.30. The minimum atomic E-state index is 0.906. The van der Waals surface area contributed by atoms with E-state index >= 15 is 0 Å². The van der Waals surface area contributed by atoms with Gasteiger partial charge in [-0.05, 0) is 31.3 Å². The Morgan fingerprint density at radius 1 is 1.00 bits per heavy atom. The monoisotopic (exact) mass is 457 g/mol. The van der Waals surface area contributed by atoms with E-state index in [9.17, 15) is 0 Å². The molecule has 0 aliphatic carbocycles. The Kier molecular flexibility index (Phi) is 3.75. The number of hydrogen-bond acceptors (Lipinski definition) is 3. The van der Waals surface area contributed by atoms with Crippen LogP contribution < -0.4 is 14.5 Å². The molecule has 4 rings (SSSR count). The quantitative estimate of drug-likeness (QED) is 0.331. The molecule has 0 amide bonds. The summed E-state index contributed by atoms with van der Waals surface area (Å²) in [6, 6.07) is 14.2. The third-order valence-corrected chi connectivity index (χ3v) is 3.23. The Bertz CT molecular complexity index is 620. The molecule has 0 spiro atoms. The van der Waals surface area contributed by atoms with Crippen molar-refractivity contribution in [3.8, 4) is 11.5 Å². The molecule has 3 nitrogen and oxygen atoms in total. The predicted molar refractivity (Wildman–Crippen MR) is 81.8 cm³/mol. The Morgan fingerprint density at radius 3 is 2.53 bits per heavy atom. The van der Waals surface area contributed by atoms with Crippen LogP contribution in [0.15, 0.2) is 42.5 Å². The number of anilines is 3. The van der Waals surface area contributed by atoms with Gasteiger partial charge in [-0.15, -0.1) is 6.67 Å². The molecular formula is C14H11AgIN2O-. The Balaban J connectivity index is 0.000000528. The fourth-order valence-electron chi connectivity index (χ4n) is 2.46. The summed E-state index contributed by atoms with van der Waals surface area (Å²) in [6.45, 7) is 2.09. The number of hydrogen-bond donors (Lipinski definition) is 0. The number of para-hydroxylation sites is 3. The van der Waals surface area contributed by atoms with E-state index in [-0.39, 0.29) is 0 Å². The molecular weight excluding hydrogens is 447 g/mol. The van der Waals surface area contributed by atoms with Gasteiger partial charge >= 0.3 is 36.3 Å². The van der Waals surface area contributed by atoms with E-state index in [1.165, 1.54) is 5.69 Å². The maximum absolute atomic E-state index is 5.93. The zero-order valence-corrected chi connectivity index (χ0v) is 13.7. The van der Waals surface area contributed by atoms with Gasteiger partial charge in [-0.25, -0.2) is 0 Å². The first-order valence-electron chi connectivity index (χ1n) is 5.73. The number of ether oxygens (including phenoxy) is 1. The van der Waals surface area contributed by atoms with Crippen LogP contribution in [0, 0.1) is 6.67 Å². The molecule has 0 saturated carbocycles. The number of nitrogens with zero attached hydrogens (tertiary/aromatic N) is 2. The van der Waals surface area contributed by atoms with Gasteiger partial charge in [0.2, 0.25) is 0 Å². The van der Waals surface area contributed by atoms with Gasteiger partial charge in [0, 0.05) is 5.69 Å². The van der Waals surface area contributed by atoms with Crippen molar-refractivity contribution in [2.45, 2.75) is 0 Å². The Hall–Kier alpha value is -0.690. The van der Waals surface area contributed by atoms with Crippen LogP contribution in [-0.4, -0.2) is 7.05 Å². The van der Waals surface area contributed by atoms with E-state index in [2.05, 4.69) is 52.9 Å². The van der Waals surface area contributed by atoms with Crippen molar-refractivity contribution in [2.75, 3.05) is 16.8 Å². The molecule has 0 bridgehead atoms. The van der Waals surface area contributed by atoms with E-state index in [0.717, 1.165) is 22.9 Å². The molecule has 2 aliphatic heterocycles. The van der Waals surface area contributed by atoms with Crippen molar-refractivity contribution in [1.82, 2.24) is 0 Å². The normalized spacial score (nSPS) is 14.1. The molecule has 102 valence electrons. The van der Waals surface area contributed by atoms with Crippen molar-refractivity contribution in [3.63, 3.8) is 0 Å². The standard InChI is InChI=1S/C14H11N2O.Ag.HI/c1-15-9-16-10-5-2-3-7-12(10)17-13-8-4-6-11(15)14(13)16;;/h2-9H,1H3;;1H/q-1;+1;/p-1. The second kappa shape index (κ2) is 5.36.